The van der Waals surface area contributed by atoms with Gasteiger partial charge < -0.3 is 10.1 Å². The van der Waals surface area contributed by atoms with Crippen molar-refractivity contribution in [2.75, 3.05) is 6.54 Å². The van der Waals surface area contributed by atoms with Crippen LogP contribution < -0.4 is 10.1 Å². The second-order valence-electron chi connectivity index (χ2n) is 6.98. The van der Waals surface area contributed by atoms with Crippen LogP contribution >= 0.6 is 0 Å². The van der Waals surface area contributed by atoms with E-state index in [1.165, 1.54) is 12.5 Å². The van der Waals surface area contributed by atoms with Gasteiger partial charge in [0, 0.05) is 18.0 Å². The molecule has 3 heteroatoms. The summed E-state index contributed by atoms with van der Waals surface area (Å²) in [7, 11) is 0. The molecule has 1 aromatic rings. The topological polar surface area (TPSA) is 21.3 Å². The van der Waals surface area contributed by atoms with Gasteiger partial charge in [-0.1, -0.05) is 20.8 Å². The molecule has 1 aromatic carbocycles. The van der Waals surface area contributed by atoms with E-state index >= 15 is 0 Å². The minimum Gasteiger partial charge on any atom is -0.487 e. The lowest BCUT2D eigenvalue weighted by Gasteiger charge is -2.48. The summed E-state index contributed by atoms with van der Waals surface area (Å²) in [6.07, 6.45) is 4.38. The maximum Gasteiger partial charge on any atom is 0.125 e. The van der Waals surface area contributed by atoms with Gasteiger partial charge in [0.05, 0.1) is 0 Å². The molecule has 1 aliphatic heterocycles. The predicted octanol–water partition coefficient (Wildman–Crippen LogP) is 4.45. The molecule has 2 aliphatic rings. The molecule has 1 N–H and O–H groups in total. The summed E-state index contributed by atoms with van der Waals surface area (Å²) in [5, 5.41) is 3.52. The van der Waals surface area contributed by atoms with Gasteiger partial charge in [-0.2, -0.15) is 0 Å². The molecule has 3 rings (SSSR count). The first-order valence-electron chi connectivity index (χ1n) is 8.25. The first kappa shape index (κ1) is 14.8. The van der Waals surface area contributed by atoms with Crippen LogP contribution in [-0.4, -0.2) is 12.1 Å². The number of nitrogens with one attached hydrogen (secondary N) is 1. The van der Waals surface area contributed by atoms with E-state index in [1.807, 2.05) is 0 Å². The Morgan fingerprint density at radius 2 is 2.10 bits per heavy atom. The highest BCUT2D eigenvalue weighted by atomic mass is 19.1. The Hall–Kier alpha value is -1.09. The highest BCUT2D eigenvalue weighted by Crippen LogP contribution is 2.48. The molecule has 2 nitrogen and oxygen atoms in total. The molecular formula is C18H26FNO. The summed E-state index contributed by atoms with van der Waals surface area (Å²) in [5.74, 6) is 2.15. The van der Waals surface area contributed by atoms with Crippen molar-refractivity contribution in [2.24, 2.45) is 11.8 Å². The fourth-order valence-corrected chi connectivity index (χ4v) is 4.01. The molecule has 4 unspecified atom stereocenters. The van der Waals surface area contributed by atoms with Crippen molar-refractivity contribution in [1.29, 1.82) is 0 Å². The van der Waals surface area contributed by atoms with Gasteiger partial charge in [-0.05, 0) is 55.8 Å². The van der Waals surface area contributed by atoms with Crippen molar-refractivity contribution in [3.63, 3.8) is 0 Å². The van der Waals surface area contributed by atoms with Gasteiger partial charge in [-0.15, -0.1) is 0 Å². The third-order valence-electron chi connectivity index (χ3n) is 5.42. The summed E-state index contributed by atoms with van der Waals surface area (Å²) in [4.78, 5) is 0. The van der Waals surface area contributed by atoms with E-state index in [2.05, 4.69) is 26.1 Å². The Bertz CT molecular complexity index is 518. The lowest BCUT2D eigenvalue weighted by atomic mass is 9.69. The molecule has 0 amide bonds. The van der Waals surface area contributed by atoms with Crippen molar-refractivity contribution >= 4 is 0 Å². The molecule has 0 bridgehead atoms. The van der Waals surface area contributed by atoms with Gasteiger partial charge >= 0.3 is 0 Å². The maximum atomic E-state index is 13.6. The first-order chi connectivity index (χ1) is 10.0. The van der Waals surface area contributed by atoms with Crippen LogP contribution in [-0.2, 0) is 0 Å². The fraction of sp³-hybridized carbons (Fsp3) is 0.667. The molecule has 0 saturated heterocycles. The van der Waals surface area contributed by atoms with Gasteiger partial charge in [0.2, 0.25) is 0 Å². The number of hydrogen-bond donors (Lipinski definition) is 1. The van der Waals surface area contributed by atoms with Crippen molar-refractivity contribution in [1.82, 2.24) is 5.32 Å². The number of rotatable bonds is 2. The minimum atomic E-state index is -0.179. The molecule has 1 fully saturated rings. The quantitative estimate of drug-likeness (QED) is 0.869. The van der Waals surface area contributed by atoms with Gasteiger partial charge in [0.15, 0.2) is 0 Å². The van der Waals surface area contributed by atoms with Crippen LogP contribution in [0.5, 0.6) is 5.75 Å². The summed E-state index contributed by atoms with van der Waals surface area (Å²) in [6.45, 7) is 7.66. The average Bonchev–Trinajstić information content (AvgIpc) is 2.45. The van der Waals surface area contributed by atoms with E-state index in [4.69, 9.17) is 4.74 Å². The molecule has 0 aromatic heterocycles. The highest BCUT2D eigenvalue weighted by Gasteiger charge is 2.45. The zero-order chi connectivity index (χ0) is 15.0. The van der Waals surface area contributed by atoms with Gasteiger partial charge in [0.25, 0.3) is 0 Å². The third-order valence-corrected chi connectivity index (χ3v) is 5.42. The Balaban J connectivity index is 1.92. The molecule has 4 atom stereocenters. The number of halogens is 1. The first-order valence-corrected chi connectivity index (χ1v) is 8.25. The number of hydrogen-bond acceptors (Lipinski definition) is 2. The Morgan fingerprint density at radius 3 is 2.81 bits per heavy atom. The summed E-state index contributed by atoms with van der Waals surface area (Å²) < 4.78 is 20.0. The normalized spacial score (nSPS) is 35.3. The second kappa shape index (κ2) is 5.60. The van der Waals surface area contributed by atoms with E-state index < -0.39 is 0 Å². The van der Waals surface area contributed by atoms with Crippen LogP contribution in [0.2, 0.25) is 0 Å². The van der Waals surface area contributed by atoms with E-state index in [-0.39, 0.29) is 17.5 Å². The zero-order valence-corrected chi connectivity index (χ0v) is 13.3. The number of benzene rings is 1. The largest absolute Gasteiger partial charge is 0.487 e. The summed E-state index contributed by atoms with van der Waals surface area (Å²) >= 11 is 0. The number of fused-ring (bicyclic) bond motifs is 1. The SMILES string of the molecule is CCNC1CC2(CCC(C)C(C)C2)Oc2ccc(F)cc21. The van der Waals surface area contributed by atoms with Crippen LogP contribution in [0.4, 0.5) is 4.39 Å². The number of ether oxygens (including phenoxy) is 1. The Labute approximate surface area is 127 Å². The smallest absolute Gasteiger partial charge is 0.125 e. The molecular weight excluding hydrogens is 265 g/mol. The zero-order valence-electron chi connectivity index (χ0n) is 13.3. The van der Waals surface area contributed by atoms with Gasteiger partial charge in [-0.25, -0.2) is 4.39 Å². The Kier molecular flexibility index (Phi) is 3.96. The van der Waals surface area contributed by atoms with Crippen molar-refractivity contribution in [2.45, 2.75) is 58.1 Å². The van der Waals surface area contributed by atoms with E-state index in [0.717, 1.165) is 43.0 Å². The van der Waals surface area contributed by atoms with Crippen LogP contribution in [0, 0.1) is 17.7 Å². The molecule has 1 aliphatic carbocycles. The minimum absolute atomic E-state index is 0.0659. The molecule has 1 saturated carbocycles. The molecule has 0 radical (unpaired) electrons. The van der Waals surface area contributed by atoms with Crippen LogP contribution in [0.1, 0.15) is 58.1 Å². The molecule has 116 valence electrons. The van der Waals surface area contributed by atoms with Crippen molar-refractivity contribution in [3.05, 3.63) is 29.6 Å². The van der Waals surface area contributed by atoms with E-state index in [1.54, 1.807) is 12.1 Å². The van der Waals surface area contributed by atoms with E-state index in [0.29, 0.717) is 5.92 Å². The van der Waals surface area contributed by atoms with E-state index in [9.17, 15) is 4.39 Å². The van der Waals surface area contributed by atoms with Crippen LogP contribution in [0.25, 0.3) is 0 Å². The van der Waals surface area contributed by atoms with Crippen LogP contribution in [0.15, 0.2) is 18.2 Å². The lowest BCUT2D eigenvalue weighted by Crippen LogP contribution is -2.48. The third kappa shape index (κ3) is 2.80. The van der Waals surface area contributed by atoms with Crippen molar-refractivity contribution in [3.8, 4) is 5.75 Å². The lowest BCUT2D eigenvalue weighted by molar-refractivity contribution is -0.0323. The Morgan fingerprint density at radius 1 is 1.29 bits per heavy atom. The maximum absolute atomic E-state index is 13.6. The predicted molar refractivity (Wildman–Crippen MR) is 83.0 cm³/mol. The van der Waals surface area contributed by atoms with Crippen LogP contribution in [0.3, 0.4) is 0 Å². The molecule has 21 heavy (non-hydrogen) atoms. The highest BCUT2D eigenvalue weighted by molar-refractivity contribution is 5.39. The molecule has 1 heterocycles. The van der Waals surface area contributed by atoms with Gasteiger partial charge in [-0.3, -0.25) is 0 Å². The standard InChI is InChI=1S/C18H26FNO/c1-4-20-16-11-18(8-7-12(2)13(3)10-18)21-17-6-5-14(19)9-15(16)17/h5-6,9,12-13,16,20H,4,7-8,10-11H2,1-3H3. The fourth-order valence-electron chi connectivity index (χ4n) is 4.01. The monoisotopic (exact) mass is 291 g/mol. The summed E-state index contributed by atoms with van der Waals surface area (Å²) in [5.41, 5.74) is 0.914. The second-order valence-corrected chi connectivity index (χ2v) is 6.98. The average molecular weight is 291 g/mol. The van der Waals surface area contributed by atoms with Crippen molar-refractivity contribution < 1.29 is 9.13 Å². The molecule has 1 spiro atoms. The van der Waals surface area contributed by atoms with Gasteiger partial charge in [0.1, 0.15) is 17.2 Å². The summed E-state index contributed by atoms with van der Waals surface area (Å²) in [6, 6.07) is 5.15.